The van der Waals surface area contributed by atoms with Crippen molar-refractivity contribution in [3.8, 4) is 17.2 Å². The number of hydrogen-bond donors (Lipinski definition) is 1. The zero-order valence-electron chi connectivity index (χ0n) is 21.7. The van der Waals surface area contributed by atoms with Crippen molar-refractivity contribution in [1.82, 2.24) is 0 Å². The van der Waals surface area contributed by atoms with Crippen LogP contribution in [-0.2, 0) is 9.59 Å². The van der Waals surface area contributed by atoms with Crippen LogP contribution in [0.1, 0.15) is 42.1 Å². The van der Waals surface area contributed by atoms with E-state index in [0.29, 0.717) is 47.3 Å². The van der Waals surface area contributed by atoms with Gasteiger partial charge in [0.2, 0.25) is 0 Å². The molecular formula is C30H31NO6. The monoisotopic (exact) mass is 501 g/mol. The molecule has 4 rings (SSSR count). The average Bonchev–Trinajstić information content (AvgIpc) is 3.14. The first-order chi connectivity index (χ1) is 17.8. The summed E-state index contributed by atoms with van der Waals surface area (Å²) in [5, 5.41) is 11.6. The molecule has 0 saturated carbocycles. The summed E-state index contributed by atoms with van der Waals surface area (Å²) in [5.74, 6) is -0.221. The second kappa shape index (κ2) is 10.8. The van der Waals surface area contributed by atoms with Crippen LogP contribution in [-0.4, -0.2) is 37.1 Å². The lowest BCUT2D eigenvalue weighted by Gasteiger charge is -2.26. The van der Waals surface area contributed by atoms with E-state index in [2.05, 4.69) is 0 Å². The van der Waals surface area contributed by atoms with E-state index in [-0.39, 0.29) is 11.3 Å². The molecule has 7 nitrogen and oxygen atoms in total. The molecule has 0 aromatic heterocycles. The number of Topliss-reactive ketones (excluding diaryl/α,β-unsaturated/α-hetero) is 1. The summed E-state index contributed by atoms with van der Waals surface area (Å²) in [5.41, 5.74) is 3.44. The van der Waals surface area contributed by atoms with Gasteiger partial charge in [-0.1, -0.05) is 18.2 Å². The first kappa shape index (κ1) is 25.8. The first-order valence-corrected chi connectivity index (χ1v) is 12.2. The van der Waals surface area contributed by atoms with Gasteiger partial charge < -0.3 is 19.3 Å². The van der Waals surface area contributed by atoms with Crippen molar-refractivity contribution in [2.45, 2.75) is 33.7 Å². The SMILES string of the molecule is CCOc1ccc(/C(O)=C2/C(=O)C(=O)N(c3cc(C)cc(C)c3)C2c2ccc(OC)cc2)c(OCC)c1. The minimum Gasteiger partial charge on any atom is -0.507 e. The molecule has 1 heterocycles. The molecule has 0 aliphatic carbocycles. The molecule has 1 unspecified atom stereocenters. The summed E-state index contributed by atoms with van der Waals surface area (Å²) in [6, 6.07) is 17.0. The zero-order chi connectivity index (χ0) is 26.7. The molecule has 3 aromatic carbocycles. The molecule has 0 spiro atoms. The van der Waals surface area contributed by atoms with E-state index < -0.39 is 17.7 Å². The summed E-state index contributed by atoms with van der Waals surface area (Å²) >= 11 is 0. The zero-order valence-corrected chi connectivity index (χ0v) is 21.7. The summed E-state index contributed by atoms with van der Waals surface area (Å²) in [6.45, 7) is 8.38. The molecule has 37 heavy (non-hydrogen) atoms. The van der Waals surface area contributed by atoms with E-state index in [1.807, 2.05) is 45.9 Å². The Morgan fingerprint density at radius 1 is 0.865 bits per heavy atom. The molecule has 3 aromatic rings. The van der Waals surface area contributed by atoms with Gasteiger partial charge in [-0.25, -0.2) is 0 Å². The number of ketones is 1. The first-order valence-electron chi connectivity index (χ1n) is 12.2. The molecule has 7 heteroatoms. The van der Waals surface area contributed by atoms with Crippen LogP contribution in [0.2, 0.25) is 0 Å². The topological polar surface area (TPSA) is 85.3 Å². The van der Waals surface area contributed by atoms with Gasteiger partial charge in [-0.3, -0.25) is 14.5 Å². The fourth-order valence-electron chi connectivity index (χ4n) is 4.66. The van der Waals surface area contributed by atoms with Crippen LogP contribution in [0.3, 0.4) is 0 Å². The number of methoxy groups -OCH3 is 1. The summed E-state index contributed by atoms with van der Waals surface area (Å²) < 4.78 is 16.7. The number of aliphatic hydroxyl groups excluding tert-OH is 1. The predicted molar refractivity (Wildman–Crippen MR) is 142 cm³/mol. The third-order valence-electron chi connectivity index (χ3n) is 6.18. The maximum Gasteiger partial charge on any atom is 0.300 e. The van der Waals surface area contributed by atoms with Gasteiger partial charge in [-0.15, -0.1) is 0 Å². The van der Waals surface area contributed by atoms with Crippen molar-refractivity contribution in [3.63, 3.8) is 0 Å². The molecular weight excluding hydrogens is 470 g/mol. The molecule has 1 saturated heterocycles. The number of carbonyl (C=O) groups is 2. The van der Waals surface area contributed by atoms with Crippen molar-refractivity contribution >= 4 is 23.1 Å². The van der Waals surface area contributed by atoms with Crippen molar-refractivity contribution < 1.29 is 28.9 Å². The van der Waals surface area contributed by atoms with Crippen LogP contribution in [0, 0.1) is 13.8 Å². The minimum absolute atomic E-state index is 0.0144. The number of rotatable bonds is 8. The van der Waals surface area contributed by atoms with Gasteiger partial charge in [-0.2, -0.15) is 0 Å². The Kier molecular flexibility index (Phi) is 7.53. The molecule has 1 atom stereocenters. The lowest BCUT2D eigenvalue weighted by atomic mass is 9.94. The summed E-state index contributed by atoms with van der Waals surface area (Å²) in [6.07, 6.45) is 0. The van der Waals surface area contributed by atoms with Crippen molar-refractivity contribution in [1.29, 1.82) is 0 Å². The van der Waals surface area contributed by atoms with Gasteiger partial charge in [0.15, 0.2) is 0 Å². The molecule has 1 aliphatic rings. The van der Waals surface area contributed by atoms with Crippen LogP contribution in [0.5, 0.6) is 17.2 Å². The van der Waals surface area contributed by atoms with Gasteiger partial charge in [0.25, 0.3) is 11.7 Å². The maximum atomic E-state index is 13.5. The third kappa shape index (κ3) is 5.03. The second-order valence-electron chi connectivity index (χ2n) is 8.81. The molecule has 1 amide bonds. The lowest BCUT2D eigenvalue weighted by Crippen LogP contribution is -2.29. The van der Waals surface area contributed by atoms with Gasteiger partial charge in [0.1, 0.15) is 23.0 Å². The highest BCUT2D eigenvalue weighted by Crippen LogP contribution is 2.44. The number of nitrogens with zero attached hydrogens (tertiary/aromatic N) is 1. The molecule has 1 fully saturated rings. The van der Waals surface area contributed by atoms with E-state index in [1.54, 1.807) is 49.6 Å². The predicted octanol–water partition coefficient (Wildman–Crippen LogP) is 5.74. The number of aliphatic hydroxyl groups is 1. The number of ether oxygens (including phenoxy) is 3. The van der Waals surface area contributed by atoms with Crippen LogP contribution in [0.25, 0.3) is 5.76 Å². The normalized spacial score (nSPS) is 16.7. The number of aryl methyl sites for hydroxylation is 2. The van der Waals surface area contributed by atoms with Gasteiger partial charge in [0, 0.05) is 11.8 Å². The van der Waals surface area contributed by atoms with Crippen molar-refractivity contribution in [2.24, 2.45) is 0 Å². The van der Waals surface area contributed by atoms with Crippen LogP contribution < -0.4 is 19.1 Å². The fraction of sp³-hybridized carbons (Fsp3) is 0.267. The number of amides is 1. The molecule has 0 bridgehead atoms. The van der Waals surface area contributed by atoms with Crippen molar-refractivity contribution in [2.75, 3.05) is 25.2 Å². The third-order valence-corrected chi connectivity index (χ3v) is 6.18. The number of hydrogen-bond acceptors (Lipinski definition) is 6. The Morgan fingerprint density at radius 2 is 1.49 bits per heavy atom. The highest BCUT2D eigenvalue weighted by atomic mass is 16.5. The highest BCUT2D eigenvalue weighted by Gasteiger charge is 2.47. The van der Waals surface area contributed by atoms with Crippen LogP contribution in [0.15, 0.2) is 66.2 Å². The Morgan fingerprint density at radius 3 is 2.08 bits per heavy atom. The summed E-state index contributed by atoms with van der Waals surface area (Å²) in [7, 11) is 1.57. The lowest BCUT2D eigenvalue weighted by molar-refractivity contribution is -0.132. The quantitative estimate of drug-likeness (QED) is 0.241. The number of anilines is 1. The van der Waals surface area contributed by atoms with Gasteiger partial charge in [-0.05, 0) is 80.8 Å². The molecule has 0 radical (unpaired) electrons. The molecule has 1 N–H and O–H groups in total. The Labute approximate surface area is 216 Å². The van der Waals surface area contributed by atoms with E-state index in [0.717, 1.165) is 11.1 Å². The standard InChI is InChI=1S/C30H31NO6/c1-6-36-23-12-13-24(25(17-23)37-7-2)28(32)26-27(20-8-10-22(35-5)11-9-20)31(30(34)29(26)33)21-15-18(3)14-19(4)16-21/h8-17,27,32H,6-7H2,1-5H3/b28-26-. The van der Waals surface area contributed by atoms with E-state index >= 15 is 0 Å². The van der Waals surface area contributed by atoms with Crippen LogP contribution in [0.4, 0.5) is 5.69 Å². The Balaban J connectivity index is 1.95. The van der Waals surface area contributed by atoms with E-state index in [1.165, 1.54) is 4.90 Å². The Bertz CT molecular complexity index is 1340. The maximum absolute atomic E-state index is 13.5. The second-order valence-corrected chi connectivity index (χ2v) is 8.81. The molecule has 1 aliphatic heterocycles. The molecule has 192 valence electrons. The van der Waals surface area contributed by atoms with E-state index in [4.69, 9.17) is 14.2 Å². The number of carbonyl (C=O) groups excluding carboxylic acids is 2. The van der Waals surface area contributed by atoms with Gasteiger partial charge >= 0.3 is 0 Å². The average molecular weight is 502 g/mol. The largest absolute Gasteiger partial charge is 0.507 e. The van der Waals surface area contributed by atoms with E-state index in [9.17, 15) is 14.7 Å². The minimum atomic E-state index is -0.854. The summed E-state index contributed by atoms with van der Waals surface area (Å²) in [4.78, 5) is 28.5. The van der Waals surface area contributed by atoms with Crippen molar-refractivity contribution in [3.05, 3.63) is 88.5 Å². The highest BCUT2D eigenvalue weighted by molar-refractivity contribution is 6.51. The number of benzene rings is 3. The smallest absolute Gasteiger partial charge is 0.300 e. The Hall–Kier alpha value is -4.26. The van der Waals surface area contributed by atoms with Crippen LogP contribution >= 0.6 is 0 Å². The van der Waals surface area contributed by atoms with Gasteiger partial charge in [0.05, 0.1) is 37.5 Å². The fourth-order valence-corrected chi connectivity index (χ4v) is 4.66.